The second-order valence-electron chi connectivity index (χ2n) is 14.8. The fourth-order valence-corrected chi connectivity index (χ4v) is 8.21. The van der Waals surface area contributed by atoms with Crippen molar-refractivity contribution in [3.05, 3.63) is 174 Å². The zero-order valence-electron chi connectivity index (χ0n) is 33.0. The Balaban J connectivity index is 1.55. The van der Waals surface area contributed by atoms with Crippen LogP contribution in [-0.2, 0) is 36.8 Å². The Hall–Kier alpha value is -4.59. The highest BCUT2D eigenvalue weighted by atomic mass is 35.5. The van der Waals surface area contributed by atoms with E-state index in [1.807, 2.05) is 52.5 Å². The van der Waals surface area contributed by atoms with E-state index in [4.69, 9.17) is 60.6 Å². The molecule has 0 N–H and O–H groups in total. The van der Waals surface area contributed by atoms with Crippen LogP contribution in [-0.4, -0.2) is 54.0 Å². The van der Waals surface area contributed by atoms with E-state index in [0.29, 0.717) is 31.2 Å². The van der Waals surface area contributed by atoms with Crippen molar-refractivity contribution >= 4 is 63.7 Å². The molecular weight excluding hydrogens is 798 g/mol. The molecule has 1 aliphatic rings. The molecule has 0 unspecified atom stereocenters. The Bertz CT molecular complexity index is 2150. The number of methoxy groups -OCH3 is 2. The van der Waals surface area contributed by atoms with Gasteiger partial charge < -0.3 is 24.0 Å². The number of carbonyl (C=O) groups is 1. The molecule has 0 saturated carbocycles. The number of carbonyl (C=O) groups excluding carboxylic acids is 1. The minimum atomic E-state index is -1.29. The standard InChI is InChI=1S/C47H46Cl4N2O4/c1-52(2)36-15-7-30(8-16-36)23-34(25-32-11-19-38(55-5)20-12-32)27-47(29-40-41(46(54)57-47)43(49)45(51)44(50)42(40)48)28-35(26-33-13-21-39(56-6)22-14-33)24-31-9-17-37(18-10-31)53(3)4/h7-22,27-28H,23-26,29H2,1-6H3/b34-27-,35-28-. The number of hydrogen-bond donors (Lipinski definition) is 0. The molecule has 0 radical (unpaired) electrons. The fourth-order valence-electron chi connectivity index (χ4n) is 7.17. The van der Waals surface area contributed by atoms with Gasteiger partial charge in [-0.3, -0.25) is 0 Å². The summed E-state index contributed by atoms with van der Waals surface area (Å²) in [7, 11) is 11.4. The lowest BCUT2D eigenvalue weighted by molar-refractivity contribution is 0.0151. The number of anilines is 2. The van der Waals surface area contributed by atoms with Crippen LogP contribution in [0.5, 0.6) is 11.5 Å². The maximum Gasteiger partial charge on any atom is 0.341 e. The molecule has 296 valence electrons. The summed E-state index contributed by atoms with van der Waals surface area (Å²) in [4.78, 5) is 18.5. The van der Waals surface area contributed by atoms with Gasteiger partial charge in [0.2, 0.25) is 0 Å². The van der Waals surface area contributed by atoms with Crippen molar-refractivity contribution in [2.75, 3.05) is 52.2 Å². The molecule has 0 atom stereocenters. The molecule has 0 fully saturated rings. The minimum Gasteiger partial charge on any atom is -0.497 e. The summed E-state index contributed by atoms with van der Waals surface area (Å²) in [6, 6.07) is 33.0. The smallest absolute Gasteiger partial charge is 0.341 e. The number of allylic oxidation sites excluding steroid dienone is 2. The van der Waals surface area contributed by atoms with Crippen LogP contribution in [0.4, 0.5) is 11.4 Å². The van der Waals surface area contributed by atoms with E-state index in [1.165, 1.54) is 0 Å². The second-order valence-corrected chi connectivity index (χ2v) is 16.3. The third-order valence-electron chi connectivity index (χ3n) is 10.1. The summed E-state index contributed by atoms with van der Waals surface area (Å²) >= 11 is 26.8. The summed E-state index contributed by atoms with van der Waals surface area (Å²) in [5.41, 5.74) is 7.95. The molecule has 0 bridgehead atoms. The van der Waals surface area contributed by atoms with Crippen molar-refractivity contribution in [2.45, 2.75) is 37.7 Å². The number of halogens is 4. The van der Waals surface area contributed by atoms with Crippen molar-refractivity contribution in [3.63, 3.8) is 0 Å². The number of hydrogen-bond acceptors (Lipinski definition) is 6. The molecule has 0 amide bonds. The molecule has 5 aromatic carbocycles. The first-order chi connectivity index (χ1) is 27.3. The van der Waals surface area contributed by atoms with E-state index < -0.39 is 11.6 Å². The summed E-state index contributed by atoms with van der Waals surface area (Å²) < 4.78 is 17.5. The average Bonchev–Trinajstić information content (AvgIpc) is 3.20. The third kappa shape index (κ3) is 10.1. The molecule has 5 aromatic rings. The zero-order valence-corrected chi connectivity index (χ0v) is 36.0. The van der Waals surface area contributed by atoms with E-state index in [2.05, 4.69) is 94.7 Å². The van der Waals surface area contributed by atoms with Gasteiger partial charge in [-0.2, -0.15) is 0 Å². The minimum absolute atomic E-state index is 0.0142. The summed E-state index contributed by atoms with van der Waals surface area (Å²) in [5.74, 6) is 0.904. The number of nitrogens with zero attached hydrogens (tertiary/aromatic N) is 2. The highest BCUT2D eigenvalue weighted by Gasteiger charge is 2.42. The number of cyclic esters (lactones) is 1. The molecule has 6 nitrogen and oxygen atoms in total. The summed E-state index contributed by atoms with van der Waals surface area (Å²) in [6.45, 7) is 0. The Morgan fingerprint density at radius 1 is 0.579 bits per heavy atom. The SMILES string of the molecule is COc1ccc(C/C(=C\C2(/C=C(\Cc3ccc(OC)cc3)Cc3ccc(N(C)C)cc3)Cc3c(Cl)c(Cl)c(Cl)c(Cl)c3C(=O)O2)Cc2ccc(N(C)C)cc2)cc1. The first-order valence-corrected chi connectivity index (χ1v) is 20.1. The molecular formula is C47H46Cl4N2O4. The van der Waals surface area contributed by atoms with Crippen molar-refractivity contribution in [1.82, 2.24) is 0 Å². The van der Waals surface area contributed by atoms with Gasteiger partial charge in [-0.15, -0.1) is 0 Å². The fraction of sp³-hybridized carbons (Fsp3) is 0.255. The van der Waals surface area contributed by atoms with Crippen LogP contribution in [0.1, 0.15) is 38.2 Å². The molecule has 10 heteroatoms. The van der Waals surface area contributed by atoms with Crippen LogP contribution in [0.25, 0.3) is 0 Å². The maximum atomic E-state index is 14.3. The van der Waals surface area contributed by atoms with Gasteiger partial charge in [-0.05, 0) is 114 Å². The van der Waals surface area contributed by atoms with E-state index in [9.17, 15) is 4.79 Å². The predicted octanol–water partition coefficient (Wildman–Crippen LogP) is 11.7. The van der Waals surface area contributed by atoms with Crippen LogP contribution >= 0.6 is 46.4 Å². The largest absolute Gasteiger partial charge is 0.497 e. The van der Waals surface area contributed by atoms with Crippen molar-refractivity contribution in [3.8, 4) is 11.5 Å². The number of rotatable bonds is 14. The number of esters is 1. The molecule has 1 heterocycles. The highest BCUT2D eigenvalue weighted by molar-refractivity contribution is 6.53. The molecule has 0 aromatic heterocycles. The summed E-state index contributed by atoms with van der Waals surface area (Å²) in [6.07, 6.45) is 6.71. The highest BCUT2D eigenvalue weighted by Crippen LogP contribution is 2.47. The monoisotopic (exact) mass is 842 g/mol. The van der Waals surface area contributed by atoms with Gasteiger partial charge in [-0.25, -0.2) is 4.79 Å². The van der Waals surface area contributed by atoms with E-state index in [1.54, 1.807) is 14.2 Å². The predicted molar refractivity (Wildman–Crippen MR) is 237 cm³/mol. The molecule has 57 heavy (non-hydrogen) atoms. The lowest BCUT2D eigenvalue weighted by Crippen LogP contribution is -2.40. The summed E-state index contributed by atoms with van der Waals surface area (Å²) in [5, 5.41) is 0.306. The van der Waals surface area contributed by atoms with E-state index in [0.717, 1.165) is 56.3 Å². The van der Waals surface area contributed by atoms with Crippen molar-refractivity contribution < 1.29 is 19.0 Å². The normalized spacial score (nSPS) is 13.8. The van der Waals surface area contributed by atoms with Crippen LogP contribution < -0.4 is 19.3 Å². The van der Waals surface area contributed by atoms with Crippen LogP contribution in [0.15, 0.2) is 120 Å². The molecule has 0 aliphatic carbocycles. The van der Waals surface area contributed by atoms with Gasteiger partial charge in [0.1, 0.15) is 11.5 Å². The van der Waals surface area contributed by atoms with Gasteiger partial charge in [-0.1, -0.05) is 106 Å². The average molecular weight is 845 g/mol. The molecule has 6 rings (SSSR count). The molecule has 1 aliphatic heterocycles. The van der Waals surface area contributed by atoms with Gasteiger partial charge in [0, 0.05) is 46.0 Å². The Labute approximate surface area is 356 Å². The molecule has 0 saturated heterocycles. The molecule has 0 spiro atoms. The third-order valence-corrected chi connectivity index (χ3v) is 12.0. The second kappa shape index (κ2) is 18.3. The number of ether oxygens (including phenoxy) is 3. The van der Waals surface area contributed by atoms with Crippen LogP contribution in [0.2, 0.25) is 20.1 Å². The van der Waals surface area contributed by atoms with Gasteiger partial charge in [0.15, 0.2) is 5.60 Å². The van der Waals surface area contributed by atoms with E-state index in [-0.39, 0.29) is 32.1 Å². The van der Waals surface area contributed by atoms with Crippen molar-refractivity contribution in [1.29, 1.82) is 0 Å². The van der Waals surface area contributed by atoms with Crippen LogP contribution in [0.3, 0.4) is 0 Å². The van der Waals surface area contributed by atoms with Gasteiger partial charge in [0.05, 0.1) is 39.9 Å². The lowest BCUT2D eigenvalue weighted by Gasteiger charge is -2.36. The van der Waals surface area contributed by atoms with Crippen LogP contribution in [0, 0.1) is 0 Å². The lowest BCUT2D eigenvalue weighted by atomic mass is 9.82. The van der Waals surface area contributed by atoms with Gasteiger partial charge >= 0.3 is 5.97 Å². The van der Waals surface area contributed by atoms with Gasteiger partial charge in [0.25, 0.3) is 0 Å². The number of benzene rings is 5. The Kier molecular flexibility index (Phi) is 13.5. The van der Waals surface area contributed by atoms with Crippen molar-refractivity contribution in [2.24, 2.45) is 0 Å². The quantitative estimate of drug-likeness (QED) is 0.0480. The first-order valence-electron chi connectivity index (χ1n) is 18.6. The zero-order chi connectivity index (χ0) is 40.9. The topological polar surface area (TPSA) is 51.2 Å². The maximum absolute atomic E-state index is 14.3. The van der Waals surface area contributed by atoms with E-state index >= 15 is 0 Å². The number of fused-ring (bicyclic) bond motifs is 1. The Morgan fingerprint density at radius 3 is 1.28 bits per heavy atom. The Morgan fingerprint density at radius 2 is 0.930 bits per heavy atom. The first kappa shape index (κ1) is 42.0.